The van der Waals surface area contributed by atoms with Crippen molar-refractivity contribution in [1.82, 2.24) is 5.32 Å². The molecule has 3 nitrogen and oxygen atoms in total. The minimum atomic E-state index is -0.105. The van der Waals surface area contributed by atoms with Crippen LogP contribution in [0.4, 0.5) is 5.69 Å². The van der Waals surface area contributed by atoms with Gasteiger partial charge in [0.1, 0.15) is 0 Å². The Bertz CT molecular complexity index is 876. The second-order valence-electron chi connectivity index (χ2n) is 6.01. The predicted molar refractivity (Wildman–Crippen MR) is 109 cm³/mol. The fraction of sp³-hybridized carbons (Fsp3) is 0.136. The van der Waals surface area contributed by atoms with Gasteiger partial charge in [-0.3, -0.25) is 4.79 Å². The Hall–Kier alpha value is -2.78. The lowest BCUT2D eigenvalue weighted by atomic mass is 10.0. The van der Waals surface area contributed by atoms with Gasteiger partial charge in [-0.2, -0.15) is 0 Å². The Morgan fingerprint density at radius 1 is 0.923 bits per heavy atom. The molecule has 0 saturated carbocycles. The van der Waals surface area contributed by atoms with Crippen molar-refractivity contribution in [1.29, 1.82) is 0 Å². The first-order valence-electron chi connectivity index (χ1n) is 8.57. The quantitative estimate of drug-likeness (QED) is 0.644. The van der Waals surface area contributed by atoms with E-state index in [4.69, 9.17) is 11.6 Å². The van der Waals surface area contributed by atoms with Crippen molar-refractivity contribution in [3.8, 4) is 11.1 Å². The summed E-state index contributed by atoms with van der Waals surface area (Å²) in [5.41, 5.74) is 4.90. The van der Waals surface area contributed by atoms with Crippen molar-refractivity contribution in [3.05, 3.63) is 88.9 Å². The molecule has 1 amide bonds. The van der Waals surface area contributed by atoms with Gasteiger partial charge in [0.05, 0.1) is 5.56 Å². The summed E-state index contributed by atoms with van der Waals surface area (Å²) in [4.78, 5) is 12.4. The Morgan fingerprint density at radius 3 is 2.31 bits per heavy atom. The largest absolute Gasteiger partial charge is 0.387 e. The molecule has 3 aromatic carbocycles. The van der Waals surface area contributed by atoms with Gasteiger partial charge < -0.3 is 10.6 Å². The second-order valence-corrected chi connectivity index (χ2v) is 6.45. The number of rotatable bonds is 6. The lowest BCUT2D eigenvalue weighted by Crippen LogP contribution is -2.26. The normalized spacial score (nSPS) is 10.4. The van der Waals surface area contributed by atoms with Gasteiger partial charge >= 0.3 is 0 Å². The zero-order chi connectivity index (χ0) is 18.4. The Kier molecular flexibility index (Phi) is 5.92. The van der Waals surface area contributed by atoms with Crippen molar-refractivity contribution < 1.29 is 4.79 Å². The van der Waals surface area contributed by atoms with Crippen LogP contribution in [0.15, 0.2) is 72.8 Å². The minimum Gasteiger partial charge on any atom is -0.387 e. The number of hydrogen-bond acceptors (Lipinski definition) is 2. The summed E-state index contributed by atoms with van der Waals surface area (Å²) in [5, 5.41) is 6.57. The standard InChI is InChI=1S/C22H21ClN2O/c1-24-21-15-19(23)11-12-20(21)22(26)25-14-13-16-7-9-18(10-8-16)17-5-3-2-4-6-17/h2-12,15,24H,13-14H2,1H3,(H,25,26). The molecule has 0 spiro atoms. The summed E-state index contributed by atoms with van der Waals surface area (Å²) in [7, 11) is 1.77. The van der Waals surface area contributed by atoms with Crippen molar-refractivity contribution in [2.75, 3.05) is 18.9 Å². The van der Waals surface area contributed by atoms with Gasteiger partial charge in [-0.15, -0.1) is 0 Å². The maximum Gasteiger partial charge on any atom is 0.253 e. The molecule has 3 rings (SSSR count). The van der Waals surface area contributed by atoms with E-state index >= 15 is 0 Å². The monoisotopic (exact) mass is 364 g/mol. The highest BCUT2D eigenvalue weighted by atomic mass is 35.5. The third kappa shape index (κ3) is 4.44. The van der Waals surface area contributed by atoms with Gasteiger partial charge in [-0.05, 0) is 41.3 Å². The zero-order valence-corrected chi connectivity index (χ0v) is 15.4. The molecule has 0 aliphatic rings. The second kappa shape index (κ2) is 8.54. The van der Waals surface area contributed by atoms with Crippen LogP contribution in [0.1, 0.15) is 15.9 Å². The van der Waals surface area contributed by atoms with Crippen LogP contribution in [0.5, 0.6) is 0 Å². The van der Waals surface area contributed by atoms with E-state index in [2.05, 4.69) is 47.0 Å². The van der Waals surface area contributed by atoms with Crippen LogP contribution in [-0.2, 0) is 6.42 Å². The lowest BCUT2D eigenvalue weighted by Gasteiger charge is -2.10. The Morgan fingerprint density at radius 2 is 1.62 bits per heavy atom. The molecule has 0 unspecified atom stereocenters. The topological polar surface area (TPSA) is 41.1 Å². The fourth-order valence-electron chi connectivity index (χ4n) is 2.83. The third-order valence-electron chi connectivity index (χ3n) is 4.26. The SMILES string of the molecule is CNc1cc(Cl)ccc1C(=O)NCCc1ccc(-c2ccccc2)cc1. The van der Waals surface area contributed by atoms with E-state index in [-0.39, 0.29) is 5.91 Å². The molecule has 2 N–H and O–H groups in total. The highest BCUT2D eigenvalue weighted by Gasteiger charge is 2.10. The number of benzene rings is 3. The van der Waals surface area contributed by atoms with E-state index in [1.165, 1.54) is 16.7 Å². The van der Waals surface area contributed by atoms with Crippen molar-refractivity contribution in [2.24, 2.45) is 0 Å². The summed E-state index contributed by atoms with van der Waals surface area (Å²) in [6.45, 7) is 0.579. The summed E-state index contributed by atoms with van der Waals surface area (Å²) in [6, 6.07) is 23.9. The Labute approximate surface area is 159 Å². The molecule has 26 heavy (non-hydrogen) atoms. The molecule has 0 saturated heterocycles. The highest BCUT2D eigenvalue weighted by Crippen LogP contribution is 2.21. The summed E-state index contributed by atoms with van der Waals surface area (Å²) in [6.07, 6.45) is 0.781. The van der Waals surface area contributed by atoms with E-state index in [9.17, 15) is 4.79 Å². The number of amides is 1. The molecular weight excluding hydrogens is 344 g/mol. The van der Waals surface area contributed by atoms with E-state index in [1.54, 1.807) is 25.2 Å². The smallest absolute Gasteiger partial charge is 0.253 e. The van der Waals surface area contributed by atoms with Gasteiger partial charge in [0, 0.05) is 24.3 Å². The molecule has 0 aliphatic heterocycles. The first-order valence-corrected chi connectivity index (χ1v) is 8.95. The minimum absolute atomic E-state index is 0.105. The molecule has 132 valence electrons. The summed E-state index contributed by atoms with van der Waals surface area (Å²) < 4.78 is 0. The number of anilines is 1. The van der Waals surface area contributed by atoms with E-state index < -0.39 is 0 Å². The van der Waals surface area contributed by atoms with Crippen LogP contribution in [0.3, 0.4) is 0 Å². The fourth-order valence-corrected chi connectivity index (χ4v) is 3.00. The molecule has 0 aliphatic carbocycles. The third-order valence-corrected chi connectivity index (χ3v) is 4.49. The molecule has 0 radical (unpaired) electrons. The first-order chi connectivity index (χ1) is 12.7. The van der Waals surface area contributed by atoms with Gasteiger partial charge in [0.15, 0.2) is 0 Å². The van der Waals surface area contributed by atoms with Gasteiger partial charge in [0.25, 0.3) is 5.91 Å². The molecule has 0 bridgehead atoms. The van der Waals surface area contributed by atoms with E-state index in [1.807, 2.05) is 18.2 Å². The van der Waals surface area contributed by atoms with Crippen molar-refractivity contribution in [2.45, 2.75) is 6.42 Å². The molecule has 0 heterocycles. The van der Waals surface area contributed by atoms with Crippen LogP contribution < -0.4 is 10.6 Å². The van der Waals surface area contributed by atoms with Crippen molar-refractivity contribution in [3.63, 3.8) is 0 Å². The van der Waals surface area contributed by atoms with E-state index in [0.29, 0.717) is 17.1 Å². The van der Waals surface area contributed by atoms with Crippen LogP contribution in [0, 0.1) is 0 Å². The van der Waals surface area contributed by atoms with Crippen molar-refractivity contribution >= 4 is 23.2 Å². The number of nitrogens with one attached hydrogen (secondary N) is 2. The lowest BCUT2D eigenvalue weighted by molar-refractivity contribution is 0.0955. The van der Waals surface area contributed by atoms with Crippen LogP contribution >= 0.6 is 11.6 Å². The van der Waals surface area contributed by atoms with Crippen LogP contribution in [-0.4, -0.2) is 19.5 Å². The maximum absolute atomic E-state index is 12.4. The number of carbonyl (C=O) groups excluding carboxylic acids is 1. The molecule has 0 atom stereocenters. The van der Waals surface area contributed by atoms with Gasteiger partial charge in [-0.25, -0.2) is 0 Å². The molecular formula is C22H21ClN2O. The first kappa shape index (κ1) is 18.0. The number of halogens is 1. The average molecular weight is 365 g/mol. The maximum atomic E-state index is 12.4. The summed E-state index contributed by atoms with van der Waals surface area (Å²) >= 11 is 5.97. The molecule has 3 aromatic rings. The molecule has 0 aromatic heterocycles. The van der Waals surface area contributed by atoms with Crippen LogP contribution in [0.2, 0.25) is 5.02 Å². The zero-order valence-electron chi connectivity index (χ0n) is 14.6. The molecule has 0 fully saturated rings. The number of carbonyl (C=O) groups is 1. The predicted octanol–water partition coefficient (Wildman–Crippen LogP) is 5.02. The van der Waals surface area contributed by atoms with E-state index in [0.717, 1.165) is 12.1 Å². The average Bonchev–Trinajstić information content (AvgIpc) is 2.69. The van der Waals surface area contributed by atoms with Crippen LogP contribution in [0.25, 0.3) is 11.1 Å². The Balaban J connectivity index is 1.57. The van der Waals surface area contributed by atoms with Gasteiger partial charge in [0.2, 0.25) is 0 Å². The van der Waals surface area contributed by atoms with Gasteiger partial charge in [-0.1, -0.05) is 66.2 Å². The number of hydrogen-bond donors (Lipinski definition) is 2. The molecule has 4 heteroatoms. The highest BCUT2D eigenvalue weighted by molar-refractivity contribution is 6.31. The summed E-state index contributed by atoms with van der Waals surface area (Å²) in [5.74, 6) is -0.105.